The van der Waals surface area contributed by atoms with Gasteiger partial charge in [0.1, 0.15) is 0 Å². The molecule has 1 N–H and O–H groups in total. The van der Waals surface area contributed by atoms with Crippen LogP contribution in [0, 0.1) is 0 Å². The van der Waals surface area contributed by atoms with Gasteiger partial charge in [-0.15, -0.1) is 0 Å². The molecule has 0 spiro atoms. The second-order valence-electron chi connectivity index (χ2n) is 4.37. The lowest BCUT2D eigenvalue weighted by Gasteiger charge is -2.30. The standard InChI is InChI=1S/C13H19ClN2/c1-4-16-12-7-5-6-11(14)10(12)8-13(16)9(2)15-3/h5-7,9,13,15H,4,8H2,1-3H3. The summed E-state index contributed by atoms with van der Waals surface area (Å²) in [4.78, 5) is 2.45. The van der Waals surface area contributed by atoms with E-state index in [1.165, 1.54) is 11.3 Å². The van der Waals surface area contributed by atoms with Crippen molar-refractivity contribution in [3.05, 3.63) is 28.8 Å². The van der Waals surface area contributed by atoms with Gasteiger partial charge < -0.3 is 10.2 Å². The van der Waals surface area contributed by atoms with E-state index in [1.54, 1.807) is 0 Å². The number of rotatable bonds is 3. The van der Waals surface area contributed by atoms with Crippen molar-refractivity contribution in [1.82, 2.24) is 5.32 Å². The first-order chi connectivity index (χ1) is 7.69. The zero-order valence-corrected chi connectivity index (χ0v) is 10.9. The average molecular weight is 239 g/mol. The number of hydrogen-bond donors (Lipinski definition) is 1. The van der Waals surface area contributed by atoms with Crippen molar-refractivity contribution >= 4 is 17.3 Å². The molecule has 2 nitrogen and oxygen atoms in total. The molecule has 0 saturated heterocycles. The summed E-state index contributed by atoms with van der Waals surface area (Å²) in [5.41, 5.74) is 2.61. The fourth-order valence-electron chi connectivity index (χ4n) is 2.56. The van der Waals surface area contributed by atoms with Crippen molar-refractivity contribution < 1.29 is 0 Å². The molecule has 2 atom stereocenters. The minimum Gasteiger partial charge on any atom is -0.367 e. The molecule has 0 radical (unpaired) electrons. The summed E-state index contributed by atoms with van der Waals surface area (Å²) in [5, 5.41) is 4.25. The normalized spacial score (nSPS) is 21.0. The molecule has 0 aliphatic carbocycles. The minimum absolute atomic E-state index is 0.475. The maximum Gasteiger partial charge on any atom is 0.0481 e. The van der Waals surface area contributed by atoms with E-state index in [9.17, 15) is 0 Å². The first-order valence-electron chi connectivity index (χ1n) is 5.90. The third kappa shape index (κ3) is 1.80. The maximum atomic E-state index is 6.26. The lowest BCUT2D eigenvalue weighted by Crippen LogP contribution is -2.45. The monoisotopic (exact) mass is 238 g/mol. The molecule has 0 fully saturated rings. The Morgan fingerprint density at radius 2 is 2.31 bits per heavy atom. The highest BCUT2D eigenvalue weighted by molar-refractivity contribution is 6.31. The number of nitrogens with one attached hydrogen (secondary N) is 1. The summed E-state index contributed by atoms with van der Waals surface area (Å²) in [5.74, 6) is 0. The number of benzene rings is 1. The SMILES string of the molecule is CCN1c2cccc(Cl)c2CC1C(C)NC. The summed E-state index contributed by atoms with van der Waals surface area (Å²) in [7, 11) is 2.02. The number of anilines is 1. The van der Waals surface area contributed by atoms with Crippen LogP contribution in [-0.4, -0.2) is 25.7 Å². The summed E-state index contributed by atoms with van der Waals surface area (Å²) in [6.45, 7) is 5.46. The van der Waals surface area contributed by atoms with Crippen LogP contribution in [0.2, 0.25) is 5.02 Å². The van der Waals surface area contributed by atoms with Crippen molar-refractivity contribution in [2.24, 2.45) is 0 Å². The van der Waals surface area contributed by atoms with Crippen LogP contribution in [0.15, 0.2) is 18.2 Å². The van der Waals surface area contributed by atoms with Gasteiger partial charge in [-0.2, -0.15) is 0 Å². The van der Waals surface area contributed by atoms with Crippen molar-refractivity contribution in [1.29, 1.82) is 0 Å². The highest BCUT2D eigenvalue weighted by Gasteiger charge is 2.32. The predicted molar refractivity (Wildman–Crippen MR) is 70.5 cm³/mol. The van der Waals surface area contributed by atoms with Crippen LogP contribution < -0.4 is 10.2 Å². The highest BCUT2D eigenvalue weighted by atomic mass is 35.5. The van der Waals surface area contributed by atoms with Crippen molar-refractivity contribution in [3.8, 4) is 0 Å². The Hall–Kier alpha value is -0.730. The van der Waals surface area contributed by atoms with Gasteiger partial charge >= 0.3 is 0 Å². The Morgan fingerprint density at radius 3 is 2.94 bits per heavy atom. The van der Waals surface area contributed by atoms with Crippen LogP contribution in [0.4, 0.5) is 5.69 Å². The molecule has 2 rings (SSSR count). The van der Waals surface area contributed by atoms with Gasteiger partial charge in [-0.3, -0.25) is 0 Å². The molecule has 88 valence electrons. The van der Waals surface area contributed by atoms with E-state index in [-0.39, 0.29) is 0 Å². The lowest BCUT2D eigenvalue weighted by atomic mass is 10.0. The Bertz CT molecular complexity index is 378. The zero-order chi connectivity index (χ0) is 11.7. The number of halogens is 1. The second-order valence-corrected chi connectivity index (χ2v) is 4.78. The fourth-order valence-corrected chi connectivity index (χ4v) is 2.81. The molecule has 16 heavy (non-hydrogen) atoms. The van der Waals surface area contributed by atoms with E-state index in [2.05, 4.69) is 30.1 Å². The third-order valence-corrected chi connectivity index (χ3v) is 3.94. The zero-order valence-electron chi connectivity index (χ0n) is 10.1. The summed E-state index contributed by atoms with van der Waals surface area (Å²) < 4.78 is 0. The van der Waals surface area contributed by atoms with E-state index in [0.717, 1.165) is 18.0 Å². The van der Waals surface area contributed by atoms with Gasteiger partial charge in [-0.25, -0.2) is 0 Å². The fraction of sp³-hybridized carbons (Fsp3) is 0.538. The molecule has 1 aromatic rings. The molecular weight excluding hydrogens is 220 g/mol. The lowest BCUT2D eigenvalue weighted by molar-refractivity contribution is 0.476. The van der Waals surface area contributed by atoms with Gasteiger partial charge in [-0.05, 0) is 45.0 Å². The number of fused-ring (bicyclic) bond motifs is 1. The molecular formula is C13H19ClN2. The van der Waals surface area contributed by atoms with Gasteiger partial charge in [0.2, 0.25) is 0 Å². The van der Waals surface area contributed by atoms with Crippen LogP contribution in [0.25, 0.3) is 0 Å². The van der Waals surface area contributed by atoms with E-state index in [1.807, 2.05) is 19.2 Å². The Morgan fingerprint density at radius 1 is 1.56 bits per heavy atom. The van der Waals surface area contributed by atoms with Gasteiger partial charge in [0, 0.05) is 29.3 Å². The van der Waals surface area contributed by atoms with Gasteiger partial charge in [-0.1, -0.05) is 17.7 Å². The minimum atomic E-state index is 0.475. The summed E-state index contributed by atoms with van der Waals surface area (Å²) >= 11 is 6.26. The van der Waals surface area contributed by atoms with Crippen LogP contribution in [0.3, 0.4) is 0 Å². The van der Waals surface area contributed by atoms with Gasteiger partial charge in [0.25, 0.3) is 0 Å². The molecule has 0 aromatic heterocycles. The molecule has 1 aliphatic rings. The van der Waals surface area contributed by atoms with Crippen LogP contribution in [0.1, 0.15) is 19.4 Å². The summed E-state index contributed by atoms with van der Waals surface area (Å²) in [6, 6.07) is 7.19. The first-order valence-corrected chi connectivity index (χ1v) is 6.28. The van der Waals surface area contributed by atoms with Crippen LogP contribution in [-0.2, 0) is 6.42 Å². The van der Waals surface area contributed by atoms with Gasteiger partial charge in [0.15, 0.2) is 0 Å². The largest absolute Gasteiger partial charge is 0.367 e. The van der Waals surface area contributed by atoms with E-state index in [0.29, 0.717) is 12.1 Å². The molecule has 1 heterocycles. The van der Waals surface area contributed by atoms with Gasteiger partial charge in [0.05, 0.1) is 0 Å². The Kier molecular flexibility index (Phi) is 3.41. The average Bonchev–Trinajstić information content (AvgIpc) is 2.68. The molecule has 2 unspecified atom stereocenters. The smallest absolute Gasteiger partial charge is 0.0481 e. The van der Waals surface area contributed by atoms with E-state index >= 15 is 0 Å². The van der Waals surface area contributed by atoms with E-state index < -0.39 is 0 Å². The molecule has 1 aliphatic heterocycles. The topological polar surface area (TPSA) is 15.3 Å². The summed E-state index contributed by atoms with van der Waals surface area (Å²) in [6.07, 6.45) is 1.05. The Balaban J connectivity index is 2.36. The number of nitrogens with zero attached hydrogens (tertiary/aromatic N) is 1. The van der Waals surface area contributed by atoms with Crippen LogP contribution in [0.5, 0.6) is 0 Å². The van der Waals surface area contributed by atoms with Crippen molar-refractivity contribution in [2.75, 3.05) is 18.5 Å². The highest BCUT2D eigenvalue weighted by Crippen LogP contribution is 2.37. The second kappa shape index (κ2) is 4.64. The molecule has 0 amide bonds. The number of likely N-dealkylation sites (N-methyl/N-ethyl adjacent to an activating group) is 2. The van der Waals surface area contributed by atoms with Crippen LogP contribution >= 0.6 is 11.6 Å². The van der Waals surface area contributed by atoms with E-state index in [4.69, 9.17) is 11.6 Å². The van der Waals surface area contributed by atoms with Crippen molar-refractivity contribution in [3.63, 3.8) is 0 Å². The van der Waals surface area contributed by atoms with Crippen molar-refractivity contribution in [2.45, 2.75) is 32.4 Å². The third-order valence-electron chi connectivity index (χ3n) is 3.59. The Labute approximate surface area is 103 Å². The number of hydrogen-bond acceptors (Lipinski definition) is 2. The maximum absolute atomic E-state index is 6.26. The first kappa shape index (κ1) is 11.7. The molecule has 1 aromatic carbocycles. The quantitative estimate of drug-likeness (QED) is 0.871. The molecule has 0 bridgehead atoms. The molecule has 0 saturated carbocycles. The molecule has 3 heteroatoms. The predicted octanol–water partition coefficient (Wildman–Crippen LogP) is 2.70.